The Morgan fingerprint density at radius 1 is 1.17 bits per heavy atom. The summed E-state index contributed by atoms with van der Waals surface area (Å²) in [5, 5.41) is 6.39. The lowest BCUT2D eigenvalue weighted by Crippen LogP contribution is -2.46. The van der Waals surface area contributed by atoms with E-state index in [1.165, 1.54) is 0 Å². The number of nitrogens with zero attached hydrogens (tertiary/aromatic N) is 1. The smallest absolute Gasteiger partial charge is 0.240 e. The third-order valence-electron chi connectivity index (χ3n) is 3.93. The molecule has 136 valence electrons. The fraction of sp³-hybridized carbons (Fsp3) is 0.588. The molecule has 0 fully saturated rings. The molecular weight excluding hydrogens is 324 g/mol. The number of benzene rings is 1. The molecule has 1 aromatic rings. The number of hydrogen-bond acceptors (Lipinski definition) is 3. The summed E-state index contributed by atoms with van der Waals surface area (Å²) in [6.45, 7) is 10.8. The number of aliphatic imine (C=N–C) groups is 1. The first-order chi connectivity index (χ1) is 11.2. The van der Waals surface area contributed by atoms with E-state index in [1.807, 2.05) is 19.1 Å². The van der Waals surface area contributed by atoms with E-state index in [9.17, 15) is 8.42 Å². The standard InChI is InChI=1S/C17H30N4O2S/c1-12(2)15(5)21-17(18-6)19-9-10-20-24(22,23)16-11-13(3)7-8-14(16)4/h7-8,11-12,15,20H,9-10H2,1-6H3,(H2,18,19,21). The van der Waals surface area contributed by atoms with Crippen LogP contribution < -0.4 is 15.4 Å². The molecule has 3 N–H and O–H groups in total. The summed E-state index contributed by atoms with van der Waals surface area (Å²) in [5.74, 6) is 1.15. The first kappa shape index (κ1) is 20.4. The van der Waals surface area contributed by atoms with Gasteiger partial charge in [0.15, 0.2) is 5.96 Å². The molecule has 1 rings (SSSR count). The number of guanidine groups is 1. The van der Waals surface area contributed by atoms with E-state index in [1.54, 1.807) is 20.0 Å². The average molecular weight is 355 g/mol. The Labute approximate surface area is 146 Å². The Kier molecular flexibility index (Phi) is 7.69. The van der Waals surface area contributed by atoms with Crippen molar-refractivity contribution in [3.05, 3.63) is 29.3 Å². The van der Waals surface area contributed by atoms with Gasteiger partial charge < -0.3 is 10.6 Å². The molecule has 0 aliphatic heterocycles. The minimum absolute atomic E-state index is 0.280. The molecule has 0 amide bonds. The van der Waals surface area contributed by atoms with Crippen molar-refractivity contribution >= 4 is 16.0 Å². The van der Waals surface area contributed by atoms with Gasteiger partial charge in [0.25, 0.3) is 0 Å². The SMILES string of the molecule is CN=C(NCCNS(=O)(=O)c1cc(C)ccc1C)NC(C)C(C)C. The summed E-state index contributed by atoms with van der Waals surface area (Å²) in [6, 6.07) is 5.70. The molecule has 0 saturated heterocycles. The summed E-state index contributed by atoms with van der Waals surface area (Å²) in [6.07, 6.45) is 0. The highest BCUT2D eigenvalue weighted by molar-refractivity contribution is 7.89. The van der Waals surface area contributed by atoms with Crippen LogP contribution in [0.4, 0.5) is 0 Å². The van der Waals surface area contributed by atoms with Gasteiger partial charge in [-0.25, -0.2) is 13.1 Å². The molecule has 24 heavy (non-hydrogen) atoms. The molecule has 0 heterocycles. The molecule has 1 unspecified atom stereocenters. The van der Waals surface area contributed by atoms with Crippen LogP contribution >= 0.6 is 0 Å². The second kappa shape index (κ2) is 9.03. The van der Waals surface area contributed by atoms with Crippen LogP contribution in [0.5, 0.6) is 0 Å². The van der Waals surface area contributed by atoms with Crippen molar-refractivity contribution in [3.63, 3.8) is 0 Å². The zero-order valence-electron chi connectivity index (χ0n) is 15.5. The van der Waals surface area contributed by atoms with E-state index >= 15 is 0 Å². The van der Waals surface area contributed by atoms with Crippen molar-refractivity contribution in [1.82, 2.24) is 15.4 Å². The molecule has 0 spiro atoms. The van der Waals surface area contributed by atoms with Gasteiger partial charge in [0.2, 0.25) is 10.0 Å². The number of sulfonamides is 1. The number of aryl methyl sites for hydroxylation is 2. The van der Waals surface area contributed by atoms with Crippen LogP contribution in [0, 0.1) is 19.8 Å². The minimum atomic E-state index is -3.50. The second-order valence-electron chi connectivity index (χ2n) is 6.34. The minimum Gasteiger partial charge on any atom is -0.355 e. The van der Waals surface area contributed by atoms with Crippen LogP contribution in [0.25, 0.3) is 0 Å². The molecule has 0 saturated carbocycles. The molecule has 6 nitrogen and oxygen atoms in total. The zero-order chi connectivity index (χ0) is 18.3. The van der Waals surface area contributed by atoms with Gasteiger partial charge in [-0.2, -0.15) is 0 Å². The third-order valence-corrected chi connectivity index (χ3v) is 5.53. The number of nitrogens with one attached hydrogen (secondary N) is 3. The Balaban J connectivity index is 2.56. The van der Waals surface area contributed by atoms with Crippen molar-refractivity contribution in [2.24, 2.45) is 10.9 Å². The van der Waals surface area contributed by atoms with Gasteiger partial charge in [-0.05, 0) is 43.9 Å². The lowest BCUT2D eigenvalue weighted by Gasteiger charge is -2.20. The second-order valence-corrected chi connectivity index (χ2v) is 8.08. The molecule has 1 aromatic carbocycles. The van der Waals surface area contributed by atoms with Gasteiger partial charge in [-0.1, -0.05) is 26.0 Å². The predicted molar refractivity (Wildman–Crippen MR) is 99.9 cm³/mol. The predicted octanol–water partition coefficient (Wildman–Crippen LogP) is 1.79. The molecule has 0 radical (unpaired) electrons. The Hall–Kier alpha value is -1.60. The quantitative estimate of drug-likeness (QED) is 0.396. The van der Waals surface area contributed by atoms with Crippen LogP contribution in [-0.4, -0.2) is 40.6 Å². The maximum atomic E-state index is 12.4. The van der Waals surface area contributed by atoms with Crippen molar-refractivity contribution in [1.29, 1.82) is 0 Å². The van der Waals surface area contributed by atoms with Crippen LogP contribution in [0.3, 0.4) is 0 Å². The Bertz CT molecular complexity index is 669. The highest BCUT2D eigenvalue weighted by atomic mass is 32.2. The van der Waals surface area contributed by atoms with E-state index in [0.29, 0.717) is 23.3 Å². The fourth-order valence-corrected chi connectivity index (χ4v) is 3.38. The molecule has 0 aliphatic carbocycles. The molecule has 0 aliphatic rings. The summed E-state index contributed by atoms with van der Waals surface area (Å²) in [7, 11) is -1.81. The summed E-state index contributed by atoms with van der Waals surface area (Å²) >= 11 is 0. The van der Waals surface area contributed by atoms with Gasteiger partial charge in [-0.3, -0.25) is 4.99 Å². The molecule has 0 aromatic heterocycles. The first-order valence-electron chi connectivity index (χ1n) is 8.21. The van der Waals surface area contributed by atoms with E-state index in [4.69, 9.17) is 0 Å². The van der Waals surface area contributed by atoms with Gasteiger partial charge >= 0.3 is 0 Å². The Morgan fingerprint density at radius 2 is 1.83 bits per heavy atom. The lowest BCUT2D eigenvalue weighted by molar-refractivity contribution is 0.481. The highest BCUT2D eigenvalue weighted by Gasteiger charge is 2.16. The van der Waals surface area contributed by atoms with Gasteiger partial charge in [0, 0.05) is 26.2 Å². The van der Waals surface area contributed by atoms with E-state index in [0.717, 1.165) is 11.1 Å². The maximum Gasteiger partial charge on any atom is 0.240 e. The lowest BCUT2D eigenvalue weighted by atomic mass is 10.1. The normalized spacial score (nSPS) is 13.9. The van der Waals surface area contributed by atoms with Crippen LogP contribution in [0.1, 0.15) is 31.9 Å². The maximum absolute atomic E-state index is 12.4. The van der Waals surface area contributed by atoms with Crippen molar-refractivity contribution < 1.29 is 8.42 Å². The van der Waals surface area contributed by atoms with Crippen molar-refractivity contribution in [3.8, 4) is 0 Å². The largest absolute Gasteiger partial charge is 0.355 e. The van der Waals surface area contributed by atoms with Gasteiger partial charge in [0.1, 0.15) is 0 Å². The summed E-state index contributed by atoms with van der Waals surface area (Å²) in [4.78, 5) is 4.48. The topological polar surface area (TPSA) is 82.6 Å². The van der Waals surface area contributed by atoms with Gasteiger partial charge in [0.05, 0.1) is 4.90 Å². The molecule has 7 heteroatoms. The van der Waals surface area contributed by atoms with Crippen LogP contribution in [-0.2, 0) is 10.0 Å². The average Bonchev–Trinajstić information content (AvgIpc) is 2.52. The first-order valence-corrected chi connectivity index (χ1v) is 9.69. The third kappa shape index (κ3) is 6.13. The number of rotatable bonds is 7. The van der Waals surface area contributed by atoms with Crippen LogP contribution in [0.15, 0.2) is 28.1 Å². The van der Waals surface area contributed by atoms with Crippen LogP contribution in [0.2, 0.25) is 0 Å². The van der Waals surface area contributed by atoms with E-state index < -0.39 is 10.0 Å². The van der Waals surface area contributed by atoms with E-state index in [-0.39, 0.29) is 12.6 Å². The fourth-order valence-electron chi connectivity index (χ4n) is 2.02. The monoisotopic (exact) mass is 354 g/mol. The molecule has 0 bridgehead atoms. The van der Waals surface area contributed by atoms with Gasteiger partial charge in [-0.15, -0.1) is 0 Å². The highest BCUT2D eigenvalue weighted by Crippen LogP contribution is 2.16. The van der Waals surface area contributed by atoms with Crippen molar-refractivity contribution in [2.45, 2.75) is 45.6 Å². The zero-order valence-corrected chi connectivity index (χ0v) is 16.3. The van der Waals surface area contributed by atoms with E-state index in [2.05, 4.69) is 41.1 Å². The number of hydrogen-bond donors (Lipinski definition) is 3. The molecule has 1 atom stereocenters. The Morgan fingerprint density at radius 3 is 2.42 bits per heavy atom. The molecular formula is C17H30N4O2S. The summed E-state index contributed by atoms with van der Waals surface area (Å²) < 4.78 is 27.4. The van der Waals surface area contributed by atoms with Crippen molar-refractivity contribution in [2.75, 3.05) is 20.1 Å². The summed E-state index contributed by atoms with van der Waals surface area (Å²) in [5.41, 5.74) is 1.66.